The summed E-state index contributed by atoms with van der Waals surface area (Å²) in [6.07, 6.45) is 5.14. The molecule has 1 fully saturated rings. The molecule has 0 aliphatic heterocycles. The van der Waals surface area contributed by atoms with Crippen LogP contribution in [0.4, 0.5) is 4.39 Å². The lowest BCUT2D eigenvalue weighted by atomic mass is 9.95. The highest BCUT2D eigenvalue weighted by molar-refractivity contribution is 7.92. The Hall–Kier alpha value is -1.43. The number of hydrogen-bond donors (Lipinski definition) is 1. The minimum absolute atomic E-state index is 0.0877. The number of nitrogens with one attached hydrogen (secondary N) is 1. The SMILES string of the molecule is C[C@H](C(=O)NC1CCCCC1)S(=O)(=O)Cc1ccc(F)cc1. The predicted molar refractivity (Wildman–Crippen MR) is 83.5 cm³/mol. The molecule has 1 N–H and O–H groups in total. The summed E-state index contributed by atoms with van der Waals surface area (Å²) >= 11 is 0. The van der Waals surface area contributed by atoms with Gasteiger partial charge in [0.1, 0.15) is 11.1 Å². The van der Waals surface area contributed by atoms with Crippen LogP contribution < -0.4 is 5.32 Å². The van der Waals surface area contributed by atoms with Gasteiger partial charge < -0.3 is 5.32 Å². The number of amides is 1. The van der Waals surface area contributed by atoms with Crippen molar-refractivity contribution in [1.82, 2.24) is 5.32 Å². The molecule has 122 valence electrons. The molecule has 0 unspecified atom stereocenters. The van der Waals surface area contributed by atoms with Crippen molar-refractivity contribution in [2.75, 3.05) is 0 Å². The Balaban J connectivity index is 1.97. The van der Waals surface area contributed by atoms with Gasteiger partial charge in [0, 0.05) is 6.04 Å². The first kappa shape index (κ1) is 16.9. The van der Waals surface area contributed by atoms with Crippen molar-refractivity contribution in [1.29, 1.82) is 0 Å². The summed E-state index contributed by atoms with van der Waals surface area (Å²) in [5.74, 6) is -1.11. The summed E-state index contributed by atoms with van der Waals surface area (Å²) in [5.41, 5.74) is 0.485. The van der Waals surface area contributed by atoms with Crippen LogP contribution in [-0.2, 0) is 20.4 Å². The number of hydrogen-bond acceptors (Lipinski definition) is 3. The Morgan fingerprint density at radius 2 is 1.82 bits per heavy atom. The highest BCUT2D eigenvalue weighted by atomic mass is 32.2. The van der Waals surface area contributed by atoms with Gasteiger partial charge in [-0.25, -0.2) is 12.8 Å². The van der Waals surface area contributed by atoms with Gasteiger partial charge in [0.2, 0.25) is 5.91 Å². The largest absolute Gasteiger partial charge is 0.352 e. The molecule has 22 heavy (non-hydrogen) atoms. The molecule has 0 heterocycles. The molecule has 1 aromatic rings. The second-order valence-electron chi connectivity index (χ2n) is 5.92. The molecule has 1 aromatic carbocycles. The van der Waals surface area contributed by atoms with Crippen molar-refractivity contribution < 1.29 is 17.6 Å². The Kier molecular flexibility index (Phi) is 5.56. The molecule has 1 saturated carbocycles. The average Bonchev–Trinajstić information content (AvgIpc) is 2.49. The van der Waals surface area contributed by atoms with E-state index in [2.05, 4.69) is 5.32 Å². The monoisotopic (exact) mass is 327 g/mol. The normalized spacial score (nSPS) is 17.9. The average molecular weight is 327 g/mol. The highest BCUT2D eigenvalue weighted by Crippen LogP contribution is 2.18. The van der Waals surface area contributed by atoms with Gasteiger partial charge in [0.25, 0.3) is 0 Å². The minimum atomic E-state index is -3.61. The number of rotatable bonds is 5. The Morgan fingerprint density at radius 1 is 1.23 bits per heavy atom. The molecule has 0 radical (unpaired) electrons. The number of carbonyl (C=O) groups excluding carboxylic acids is 1. The number of benzene rings is 1. The third-order valence-corrected chi connectivity index (χ3v) is 6.17. The van der Waals surface area contributed by atoms with Crippen molar-refractivity contribution >= 4 is 15.7 Å². The van der Waals surface area contributed by atoms with Crippen molar-refractivity contribution in [3.8, 4) is 0 Å². The quantitative estimate of drug-likeness (QED) is 0.904. The van der Waals surface area contributed by atoms with Gasteiger partial charge in [0.05, 0.1) is 5.75 Å². The van der Waals surface area contributed by atoms with E-state index in [4.69, 9.17) is 0 Å². The van der Waals surface area contributed by atoms with Gasteiger partial charge in [-0.05, 0) is 37.5 Å². The van der Waals surface area contributed by atoms with E-state index in [-0.39, 0.29) is 11.8 Å². The van der Waals surface area contributed by atoms with Crippen LogP contribution in [0.5, 0.6) is 0 Å². The van der Waals surface area contributed by atoms with E-state index in [9.17, 15) is 17.6 Å². The molecule has 6 heteroatoms. The lowest BCUT2D eigenvalue weighted by molar-refractivity contribution is -0.121. The van der Waals surface area contributed by atoms with Crippen LogP contribution in [0.25, 0.3) is 0 Å². The number of sulfone groups is 1. The van der Waals surface area contributed by atoms with E-state index in [0.717, 1.165) is 25.7 Å². The Morgan fingerprint density at radius 3 is 2.41 bits per heavy atom. The maximum atomic E-state index is 12.9. The highest BCUT2D eigenvalue weighted by Gasteiger charge is 2.29. The molecule has 1 aliphatic rings. The molecule has 0 saturated heterocycles. The summed E-state index contributed by atoms with van der Waals surface area (Å²) in [7, 11) is -3.61. The van der Waals surface area contributed by atoms with Crippen molar-refractivity contribution in [2.24, 2.45) is 0 Å². The molecule has 0 bridgehead atoms. The summed E-state index contributed by atoms with van der Waals surface area (Å²) in [4.78, 5) is 12.2. The van der Waals surface area contributed by atoms with Crippen LogP contribution >= 0.6 is 0 Å². The first-order valence-electron chi connectivity index (χ1n) is 7.65. The molecule has 2 rings (SSSR count). The number of halogens is 1. The third kappa shape index (κ3) is 4.53. The zero-order chi connectivity index (χ0) is 16.2. The fourth-order valence-electron chi connectivity index (χ4n) is 2.67. The molecule has 1 aliphatic carbocycles. The minimum Gasteiger partial charge on any atom is -0.352 e. The Labute approximate surface area is 131 Å². The van der Waals surface area contributed by atoms with Crippen LogP contribution in [0.15, 0.2) is 24.3 Å². The standard InChI is InChI=1S/C16H22FNO3S/c1-12(16(19)18-15-5-3-2-4-6-15)22(20,21)11-13-7-9-14(17)10-8-13/h7-10,12,15H,2-6,11H2,1H3,(H,18,19)/t12-/m1/s1. The maximum absolute atomic E-state index is 12.9. The van der Waals surface area contributed by atoms with Crippen LogP contribution in [0.1, 0.15) is 44.6 Å². The third-order valence-electron chi connectivity index (χ3n) is 4.14. The molecule has 1 amide bonds. The maximum Gasteiger partial charge on any atom is 0.238 e. The van der Waals surface area contributed by atoms with Crippen LogP contribution in [0.2, 0.25) is 0 Å². The van der Waals surface area contributed by atoms with Gasteiger partial charge >= 0.3 is 0 Å². The van der Waals surface area contributed by atoms with Crippen molar-refractivity contribution in [3.63, 3.8) is 0 Å². The van der Waals surface area contributed by atoms with Gasteiger partial charge in [-0.2, -0.15) is 0 Å². The van der Waals surface area contributed by atoms with E-state index in [1.807, 2.05) is 0 Å². The zero-order valence-electron chi connectivity index (χ0n) is 12.7. The van der Waals surface area contributed by atoms with E-state index in [1.165, 1.54) is 37.6 Å². The van der Waals surface area contributed by atoms with E-state index >= 15 is 0 Å². The Bertz CT molecular complexity index is 607. The topological polar surface area (TPSA) is 63.2 Å². The van der Waals surface area contributed by atoms with Crippen LogP contribution in [0, 0.1) is 5.82 Å². The smallest absolute Gasteiger partial charge is 0.238 e. The van der Waals surface area contributed by atoms with Gasteiger partial charge in [-0.1, -0.05) is 31.4 Å². The summed E-state index contributed by atoms with van der Waals surface area (Å²) in [6.45, 7) is 1.41. The zero-order valence-corrected chi connectivity index (χ0v) is 13.5. The number of carbonyl (C=O) groups is 1. The second-order valence-corrected chi connectivity index (χ2v) is 8.24. The molecular weight excluding hydrogens is 305 g/mol. The lowest BCUT2D eigenvalue weighted by Crippen LogP contribution is -2.44. The fourth-order valence-corrected chi connectivity index (χ4v) is 3.97. The second kappa shape index (κ2) is 7.22. The lowest BCUT2D eigenvalue weighted by Gasteiger charge is -2.24. The molecule has 4 nitrogen and oxygen atoms in total. The molecule has 1 atom stereocenters. The summed E-state index contributed by atoms with van der Waals surface area (Å²) in [6, 6.07) is 5.39. The summed E-state index contributed by atoms with van der Waals surface area (Å²) < 4.78 is 37.5. The molecular formula is C16H22FNO3S. The molecule has 0 spiro atoms. The van der Waals surface area contributed by atoms with E-state index in [1.54, 1.807) is 0 Å². The van der Waals surface area contributed by atoms with Crippen molar-refractivity contribution in [2.45, 2.75) is 56.1 Å². The van der Waals surface area contributed by atoms with Crippen LogP contribution in [0.3, 0.4) is 0 Å². The van der Waals surface area contributed by atoms with Crippen molar-refractivity contribution in [3.05, 3.63) is 35.6 Å². The van der Waals surface area contributed by atoms with Gasteiger partial charge in [-0.15, -0.1) is 0 Å². The predicted octanol–water partition coefficient (Wildman–Crippen LogP) is 2.58. The first-order valence-corrected chi connectivity index (χ1v) is 9.36. The van der Waals surface area contributed by atoms with E-state index < -0.39 is 26.8 Å². The van der Waals surface area contributed by atoms with Gasteiger partial charge in [-0.3, -0.25) is 4.79 Å². The first-order chi connectivity index (χ1) is 10.4. The van der Waals surface area contributed by atoms with E-state index in [0.29, 0.717) is 5.56 Å². The van der Waals surface area contributed by atoms with Gasteiger partial charge in [0.15, 0.2) is 9.84 Å². The summed E-state index contributed by atoms with van der Waals surface area (Å²) in [5, 5.41) is 1.74. The molecule has 0 aromatic heterocycles. The van der Waals surface area contributed by atoms with Crippen LogP contribution in [-0.4, -0.2) is 25.6 Å². The fraction of sp³-hybridized carbons (Fsp3) is 0.562.